The average molecular weight is 264 g/mol. The van der Waals surface area contributed by atoms with E-state index in [-0.39, 0.29) is 5.54 Å². The number of aliphatic imine (C=N–C) groups is 2. The molecule has 20 heavy (non-hydrogen) atoms. The van der Waals surface area contributed by atoms with Crippen LogP contribution in [0.2, 0.25) is 0 Å². The molecule has 0 bridgehead atoms. The fourth-order valence-corrected chi connectivity index (χ4v) is 2.12. The molecule has 0 aliphatic carbocycles. The maximum Gasteiger partial charge on any atom is 0.135 e. The van der Waals surface area contributed by atoms with E-state index in [4.69, 9.17) is 4.74 Å². The Kier molecular flexibility index (Phi) is 3.11. The average Bonchev–Trinajstić information content (AvgIpc) is 3.19. The lowest BCUT2D eigenvalue weighted by Crippen LogP contribution is -2.16. The minimum Gasteiger partial charge on any atom is -0.497 e. The van der Waals surface area contributed by atoms with Crippen LogP contribution in [0.4, 0.5) is 5.69 Å². The normalized spacial score (nSPS) is 20.8. The zero-order valence-electron chi connectivity index (χ0n) is 11.6. The van der Waals surface area contributed by atoms with E-state index in [0.717, 1.165) is 22.7 Å². The topological polar surface area (TPSA) is 34.0 Å². The van der Waals surface area contributed by atoms with Gasteiger partial charge < -0.3 is 4.74 Å². The summed E-state index contributed by atoms with van der Waals surface area (Å²) in [4.78, 5) is 9.04. The Morgan fingerprint density at radius 2 is 1.75 bits per heavy atom. The number of hydrogen-bond acceptors (Lipinski definition) is 3. The Morgan fingerprint density at radius 1 is 1.05 bits per heavy atom. The first-order valence-electron chi connectivity index (χ1n) is 6.56. The molecule has 0 N–H and O–H groups in total. The Labute approximate surface area is 118 Å². The summed E-state index contributed by atoms with van der Waals surface area (Å²) >= 11 is 0. The lowest BCUT2D eigenvalue weighted by molar-refractivity contribution is 0.415. The van der Waals surface area contributed by atoms with Crippen LogP contribution >= 0.6 is 0 Å². The Balaban J connectivity index is 1.71. The van der Waals surface area contributed by atoms with Crippen LogP contribution in [0, 0.1) is 0 Å². The van der Waals surface area contributed by atoms with Crippen molar-refractivity contribution < 1.29 is 4.74 Å². The highest BCUT2D eigenvalue weighted by molar-refractivity contribution is 6.26. The summed E-state index contributed by atoms with van der Waals surface area (Å²) < 4.78 is 5.13. The molecule has 1 atom stereocenters. The Morgan fingerprint density at radius 3 is 2.40 bits per heavy atom. The zero-order valence-corrected chi connectivity index (χ0v) is 11.6. The van der Waals surface area contributed by atoms with E-state index >= 15 is 0 Å². The Bertz CT molecular complexity index is 659. The molecule has 0 saturated carbocycles. The molecule has 0 amide bonds. The van der Waals surface area contributed by atoms with Crippen LogP contribution in [0.5, 0.6) is 5.75 Å². The van der Waals surface area contributed by atoms with Gasteiger partial charge in [-0.1, -0.05) is 30.3 Å². The minimum atomic E-state index is -0.263. The molecule has 0 fully saturated rings. The molecule has 0 radical (unpaired) electrons. The second kappa shape index (κ2) is 4.93. The van der Waals surface area contributed by atoms with Crippen LogP contribution in [0.25, 0.3) is 0 Å². The number of hydrogen-bond donors (Lipinski definition) is 0. The highest BCUT2D eigenvalue weighted by Crippen LogP contribution is 2.31. The van der Waals surface area contributed by atoms with Gasteiger partial charge in [0.1, 0.15) is 11.3 Å². The fraction of sp³-hybridized carbons (Fsp3) is 0.176. The van der Waals surface area contributed by atoms with E-state index < -0.39 is 0 Å². The molecule has 1 heterocycles. The van der Waals surface area contributed by atoms with Gasteiger partial charge in [0.2, 0.25) is 0 Å². The molecule has 3 heteroatoms. The number of methoxy groups -OCH3 is 1. The predicted octanol–water partition coefficient (Wildman–Crippen LogP) is 3.66. The van der Waals surface area contributed by atoms with Crippen molar-refractivity contribution >= 4 is 17.6 Å². The summed E-state index contributed by atoms with van der Waals surface area (Å²) in [5, 5.41) is 0. The van der Waals surface area contributed by atoms with Crippen molar-refractivity contribution in [2.75, 3.05) is 7.11 Å². The van der Waals surface area contributed by atoms with Gasteiger partial charge >= 0.3 is 0 Å². The molecule has 3 nitrogen and oxygen atoms in total. The first kappa shape index (κ1) is 12.6. The monoisotopic (exact) mass is 264 g/mol. The third kappa shape index (κ3) is 2.48. The molecule has 0 saturated heterocycles. The van der Waals surface area contributed by atoms with Gasteiger partial charge in [0, 0.05) is 6.21 Å². The summed E-state index contributed by atoms with van der Waals surface area (Å²) in [5.74, 6) is 0.836. The standard InChI is InChI=1S/C17H16N2O/c1-17(16(19-17)13-6-4-3-5-7-13)12-18-14-8-10-15(20-2)11-9-14/h3-12H,1-2H3. The molecule has 100 valence electrons. The third-order valence-electron chi connectivity index (χ3n) is 3.36. The van der Waals surface area contributed by atoms with Gasteiger partial charge in [0.25, 0.3) is 0 Å². The highest BCUT2D eigenvalue weighted by atomic mass is 16.5. The molecule has 2 aromatic carbocycles. The van der Waals surface area contributed by atoms with Crippen molar-refractivity contribution in [2.24, 2.45) is 9.98 Å². The molecule has 3 rings (SSSR count). The van der Waals surface area contributed by atoms with Crippen molar-refractivity contribution in [3.63, 3.8) is 0 Å². The molecule has 2 aromatic rings. The SMILES string of the molecule is COc1ccc(N=CC2(C)N=C2c2ccccc2)cc1. The van der Waals surface area contributed by atoms with Gasteiger partial charge in [-0.15, -0.1) is 0 Å². The fourth-order valence-electron chi connectivity index (χ4n) is 2.12. The maximum absolute atomic E-state index is 5.13. The molecule has 0 aromatic heterocycles. The molecular formula is C17H16N2O. The van der Waals surface area contributed by atoms with Crippen molar-refractivity contribution in [3.8, 4) is 5.75 Å². The van der Waals surface area contributed by atoms with Crippen molar-refractivity contribution in [3.05, 3.63) is 60.2 Å². The molecule has 1 unspecified atom stereocenters. The lowest BCUT2D eigenvalue weighted by Gasteiger charge is -2.02. The van der Waals surface area contributed by atoms with Gasteiger partial charge in [-0.05, 0) is 36.8 Å². The van der Waals surface area contributed by atoms with Gasteiger partial charge in [-0.25, -0.2) is 0 Å². The van der Waals surface area contributed by atoms with Crippen molar-refractivity contribution in [1.29, 1.82) is 0 Å². The van der Waals surface area contributed by atoms with Gasteiger partial charge in [-0.3, -0.25) is 9.98 Å². The highest BCUT2D eigenvalue weighted by Gasteiger charge is 2.41. The maximum atomic E-state index is 5.13. The number of benzene rings is 2. The van der Waals surface area contributed by atoms with E-state index in [1.165, 1.54) is 0 Å². The number of ether oxygens (including phenoxy) is 1. The van der Waals surface area contributed by atoms with Gasteiger partial charge in [0.05, 0.1) is 18.5 Å². The summed E-state index contributed by atoms with van der Waals surface area (Å²) in [6.07, 6.45) is 1.90. The first-order valence-corrected chi connectivity index (χ1v) is 6.56. The van der Waals surface area contributed by atoms with Crippen LogP contribution in [-0.2, 0) is 0 Å². The first-order chi connectivity index (χ1) is 9.71. The van der Waals surface area contributed by atoms with Crippen LogP contribution in [0.1, 0.15) is 12.5 Å². The van der Waals surface area contributed by atoms with Crippen molar-refractivity contribution in [2.45, 2.75) is 12.5 Å². The van der Waals surface area contributed by atoms with Crippen LogP contribution in [0.15, 0.2) is 64.6 Å². The summed E-state index contributed by atoms with van der Waals surface area (Å²) in [7, 11) is 1.66. The lowest BCUT2D eigenvalue weighted by atomic mass is 10.0. The zero-order chi connectivity index (χ0) is 14.0. The quantitative estimate of drug-likeness (QED) is 0.776. The van der Waals surface area contributed by atoms with Crippen LogP contribution < -0.4 is 4.74 Å². The van der Waals surface area contributed by atoms with Crippen LogP contribution in [0.3, 0.4) is 0 Å². The van der Waals surface area contributed by atoms with E-state index in [0.29, 0.717) is 0 Å². The largest absolute Gasteiger partial charge is 0.497 e. The molecule has 1 aliphatic heterocycles. The molecular weight excluding hydrogens is 248 g/mol. The van der Waals surface area contributed by atoms with E-state index in [9.17, 15) is 0 Å². The minimum absolute atomic E-state index is 0.263. The molecule has 1 aliphatic rings. The third-order valence-corrected chi connectivity index (χ3v) is 3.36. The Hall–Kier alpha value is -2.42. The molecule has 0 spiro atoms. The van der Waals surface area contributed by atoms with E-state index in [1.54, 1.807) is 7.11 Å². The number of rotatable bonds is 4. The summed E-state index contributed by atoms with van der Waals surface area (Å²) in [6.45, 7) is 2.07. The second-order valence-electron chi connectivity index (χ2n) is 4.93. The van der Waals surface area contributed by atoms with Gasteiger partial charge in [-0.2, -0.15) is 0 Å². The van der Waals surface area contributed by atoms with Crippen molar-refractivity contribution in [1.82, 2.24) is 0 Å². The van der Waals surface area contributed by atoms with E-state index in [2.05, 4.69) is 29.0 Å². The van der Waals surface area contributed by atoms with Crippen LogP contribution in [-0.4, -0.2) is 24.6 Å². The summed E-state index contributed by atoms with van der Waals surface area (Å²) in [6, 6.07) is 17.9. The second-order valence-corrected chi connectivity index (χ2v) is 4.93. The summed E-state index contributed by atoms with van der Waals surface area (Å²) in [5.41, 5.74) is 2.90. The predicted molar refractivity (Wildman–Crippen MR) is 82.5 cm³/mol. The van der Waals surface area contributed by atoms with E-state index in [1.807, 2.05) is 48.7 Å². The number of nitrogens with zero attached hydrogens (tertiary/aromatic N) is 2. The smallest absolute Gasteiger partial charge is 0.135 e. The van der Waals surface area contributed by atoms with Gasteiger partial charge in [0.15, 0.2) is 0 Å².